The van der Waals surface area contributed by atoms with Crippen molar-refractivity contribution in [3.05, 3.63) is 0 Å². The lowest BCUT2D eigenvalue weighted by Crippen LogP contribution is -2.28. The molecule has 0 bridgehead atoms. The summed E-state index contributed by atoms with van der Waals surface area (Å²) in [6.45, 7) is 0. The lowest BCUT2D eigenvalue weighted by atomic mass is 10.5. The highest BCUT2D eigenvalue weighted by atomic mass is 16.2. The molecule has 4 amide bonds. The van der Waals surface area contributed by atoms with E-state index in [4.69, 9.17) is 0 Å². The lowest BCUT2D eigenvalue weighted by Gasteiger charge is -1.88. The van der Waals surface area contributed by atoms with Crippen molar-refractivity contribution in [3.63, 3.8) is 0 Å². The Bertz CT molecular complexity index is 402. The van der Waals surface area contributed by atoms with Crippen molar-refractivity contribution < 1.29 is 19.2 Å². The van der Waals surface area contributed by atoms with Crippen LogP contribution in [0, 0.1) is 23.7 Å². The Morgan fingerprint density at radius 1 is 0.733 bits per heavy atom. The Balaban J connectivity index is 4.30. The summed E-state index contributed by atoms with van der Waals surface area (Å²) in [4.78, 5) is 41.6. The summed E-state index contributed by atoms with van der Waals surface area (Å²) < 4.78 is 0. The maximum atomic E-state index is 10.7. The van der Waals surface area contributed by atoms with Gasteiger partial charge in [-0.05, 0) is 0 Å². The van der Waals surface area contributed by atoms with Crippen LogP contribution in [0.5, 0.6) is 0 Å². The maximum absolute atomic E-state index is 10.7. The smallest absolute Gasteiger partial charge is 0.303 e. The molecule has 0 atom stereocenters. The van der Waals surface area contributed by atoms with E-state index in [1.165, 1.54) is 0 Å². The molecule has 0 saturated heterocycles. The van der Waals surface area contributed by atoms with Crippen molar-refractivity contribution in [2.75, 3.05) is 0 Å². The summed E-state index contributed by atoms with van der Waals surface area (Å²) in [6, 6.07) is 0. The lowest BCUT2D eigenvalue weighted by molar-refractivity contribution is -0.124. The second-order valence-corrected chi connectivity index (χ2v) is 2.01. The zero-order valence-electron chi connectivity index (χ0n) is 7.29. The first-order valence-corrected chi connectivity index (χ1v) is 3.39. The molecule has 0 fully saturated rings. The van der Waals surface area contributed by atoms with Gasteiger partial charge >= 0.3 is 11.8 Å². The van der Waals surface area contributed by atoms with Crippen molar-refractivity contribution in [2.45, 2.75) is 0 Å². The molecule has 0 radical (unpaired) electrons. The van der Waals surface area contributed by atoms with Gasteiger partial charge in [-0.1, -0.05) is 0 Å². The van der Waals surface area contributed by atoms with E-state index < -0.39 is 23.6 Å². The quantitative estimate of drug-likeness (QED) is 0.357. The van der Waals surface area contributed by atoms with Gasteiger partial charge in [-0.25, -0.2) is 0 Å². The fraction of sp³-hybridized carbons (Fsp3) is 0. The molecule has 0 saturated carbocycles. The number of nitrogens with two attached hydrogens (primary N) is 2. The Labute approximate surface area is 84.2 Å². The highest BCUT2D eigenvalue weighted by Crippen LogP contribution is 1.65. The minimum Gasteiger partial charge on any atom is -0.359 e. The number of rotatable bonds is 0. The molecule has 0 rings (SSSR count). The van der Waals surface area contributed by atoms with Crippen molar-refractivity contribution in [1.29, 1.82) is 0 Å². The molecular weight excluding hydrogens is 202 g/mol. The maximum Gasteiger partial charge on any atom is 0.303 e. The Morgan fingerprint density at radius 3 is 1.33 bits per heavy atom. The van der Waals surface area contributed by atoms with Crippen LogP contribution in [0.4, 0.5) is 0 Å². The Hall–Kier alpha value is -2.80. The van der Waals surface area contributed by atoms with Gasteiger partial charge in [-0.2, -0.15) is 0 Å². The molecular formula is C8H5N3O4. The molecule has 0 aromatic carbocycles. The third kappa shape index (κ3) is 7.56. The Kier molecular flexibility index (Phi) is 4.70. The number of carbonyl (C=O) groups excluding carboxylic acids is 4. The van der Waals surface area contributed by atoms with E-state index in [-0.39, 0.29) is 0 Å². The fourth-order valence-corrected chi connectivity index (χ4v) is 0.402. The van der Waals surface area contributed by atoms with E-state index >= 15 is 0 Å². The SMILES string of the molecule is NC(=O)C#CC(=O)NC(=O)C#CC(N)=O. The number of carbonyl (C=O) groups is 4. The predicted molar refractivity (Wildman–Crippen MR) is 47.1 cm³/mol. The number of nitrogens with one attached hydrogen (secondary N) is 1. The molecule has 0 aliphatic heterocycles. The summed E-state index contributed by atoms with van der Waals surface area (Å²) in [5, 5.41) is 1.65. The molecule has 0 spiro atoms. The van der Waals surface area contributed by atoms with Crippen molar-refractivity contribution >= 4 is 23.6 Å². The van der Waals surface area contributed by atoms with Crippen LogP contribution in [-0.2, 0) is 19.2 Å². The van der Waals surface area contributed by atoms with Gasteiger partial charge in [-0.3, -0.25) is 24.5 Å². The third-order valence-electron chi connectivity index (χ3n) is 0.826. The van der Waals surface area contributed by atoms with E-state index in [2.05, 4.69) is 11.5 Å². The van der Waals surface area contributed by atoms with Crippen molar-refractivity contribution in [1.82, 2.24) is 5.32 Å². The fourth-order valence-electron chi connectivity index (χ4n) is 0.402. The normalized spacial score (nSPS) is 7.20. The molecule has 76 valence electrons. The highest BCUT2D eigenvalue weighted by Gasteiger charge is 2.01. The van der Waals surface area contributed by atoms with Crippen LogP contribution in [0.2, 0.25) is 0 Å². The van der Waals surface area contributed by atoms with E-state index in [1.807, 2.05) is 0 Å². The summed E-state index contributed by atoms with van der Waals surface area (Å²) in [5.74, 6) is 2.70. The first kappa shape index (κ1) is 12.2. The molecule has 15 heavy (non-hydrogen) atoms. The van der Waals surface area contributed by atoms with Crippen LogP contribution in [0.3, 0.4) is 0 Å². The number of hydrogen-bond donors (Lipinski definition) is 3. The molecule has 5 N–H and O–H groups in total. The van der Waals surface area contributed by atoms with Gasteiger partial charge in [0, 0.05) is 23.7 Å². The first-order chi connectivity index (χ1) is 6.91. The zero-order valence-corrected chi connectivity index (χ0v) is 7.29. The van der Waals surface area contributed by atoms with Gasteiger partial charge in [0.15, 0.2) is 0 Å². The largest absolute Gasteiger partial charge is 0.359 e. The van der Waals surface area contributed by atoms with Crippen LogP contribution in [-0.4, -0.2) is 23.6 Å². The number of imide groups is 1. The minimum atomic E-state index is -1.06. The van der Waals surface area contributed by atoms with Crippen LogP contribution >= 0.6 is 0 Å². The van der Waals surface area contributed by atoms with Gasteiger partial charge in [0.1, 0.15) is 0 Å². The summed E-state index contributed by atoms with van der Waals surface area (Å²) in [7, 11) is 0. The molecule has 7 heteroatoms. The monoisotopic (exact) mass is 207 g/mol. The van der Waals surface area contributed by atoms with Crippen LogP contribution < -0.4 is 16.8 Å². The van der Waals surface area contributed by atoms with Gasteiger partial charge in [0.25, 0.3) is 11.8 Å². The minimum absolute atomic E-state index is 1.01. The molecule has 0 heterocycles. The summed E-state index contributed by atoms with van der Waals surface area (Å²) >= 11 is 0. The second-order valence-electron chi connectivity index (χ2n) is 2.01. The zero-order chi connectivity index (χ0) is 11.8. The molecule has 0 unspecified atom stereocenters. The molecule has 0 aliphatic carbocycles. The standard InChI is InChI=1S/C8H5N3O4/c9-5(12)1-3-7(14)11-8(15)4-2-6(10)13/h(H2,9,12)(H2,10,13)(H,11,14,15). The topological polar surface area (TPSA) is 132 Å². The van der Waals surface area contributed by atoms with Gasteiger partial charge in [-0.15, -0.1) is 0 Å². The van der Waals surface area contributed by atoms with Crippen LogP contribution in [0.1, 0.15) is 0 Å². The van der Waals surface area contributed by atoms with Crippen molar-refractivity contribution in [2.24, 2.45) is 11.5 Å². The average molecular weight is 207 g/mol. The number of hydrogen-bond acceptors (Lipinski definition) is 4. The number of amides is 4. The first-order valence-electron chi connectivity index (χ1n) is 3.39. The number of primary amides is 2. The van der Waals surface area contributed by atoms with Gasteiger partial charge in [0.2, 0.25) is 0 Å². The molecule has 7 nitrogen and oxygen atoms in total. The highest BCUT2D eigenvalue weighted by molar-refractivity contribution is 6.13. The second kappa shape index (κ2) is 5.78. The third-order valence-corrected chi connectivity index (χ3v) is 0.826. The van der Waals surface area contributed by atoms with Gasteiger partial charge < -0.3 is 11.5 Å². The van der Waals surface area contributed by atoms with Gasteiger partial charge in [0.05, 0.1) is 0 Å². The predicted octanol–water partition coefficient (Wildman–Crippen LogP) is -3.39. The molecule has 0 aromatic heterocycles. The van der Waals surface area contributed by atoms with Crippen molar-refractivity contribution in [3.8, 4) is 23.7 Å². The van der Waals surface area contributed by atoms with E-state index in [0.717, 1.165) is 0 Å². The summed E-state index contributed by atoms with van der Waals surface area (Å²) in [6.07, 6.45) is 0. The average Bonchev–Trinajstić information content (AvgIpc) is 2.11. The molecule has 0 aliphatic rings. The van der Waals surface area contributed by atoms with E-state index in [9.17, 15) is 19.2 Å². The van der Waals surface area contributed by atoms with Crippen LogP contribution in [0.25, 0.3) is 0 Å². The summed E-state index contributed by atoms with van der Waals surface area (Å²) in [5.41, 5.74) is 9.21. The van der Waals surface area contributed by atoms with E-state index in [0.29, 0.717) is 0 Å². The van der Waals surface area contributed by atoms with E-state index in [1.54, 1.807) is 29.0 Å². The van der Waals surface area contributed by atoms with Crippen LogP contribution in [0.15, 0.2) is 0 Å². The molecule has 0 aromatic rings. The Morgan fingerprint density at radius 2 is 1.07 bits per heavy atom.